The molecule has 4 unspecified atom stereocenters. The SMILES string of the molecule is CSCCC(NC(=O)C(CS)NC(=O)C(N)C(C)C)C(=O)NC(Cc1c[nH]c2ccccc12)C(=O)O. The third kappa shape index (κ3) is 8.17. The zero-order valence-electron chi connectivity index (χ0n) is 20.6. The molecule has 4 atom stereocenters. The monoisotopic (exact) mass is 537 g/mol. The van der Waals surface area contributed by atoms with E-state index in [1.807, 2.05) is 30.5 Å². The maximum Gasteiger partial charge on any atom is 0.326 e. The molecular formula is C24H35N5O5S2. The Morgan fingerprint density at radius 2 is 1.64 bits per heavy atom. The summed E-state index contributed by atoms with van der Waals surface area (Å²) in [5, 5.41) is 18.4. The highest BCUT2D eigenvalue weighted by Gasteiger charge is 2.30. The lowest BCUT2D eigenvalue weighted by molar-refractivity contribution is -0.142. The van der Waals surface area contributed by atoms with Gasteiger partial charge in [0.05, 0.1) is 6.04 Å². The van der Waals surface area contributed by atoms with Crippen molar-refractivity contribution in [2.45, 2.75) is 50.9 Å². The van der Waals surface area contributed by atoms with Gasteiger partial charge in [-0.3, -0.25) is 14.4 Å². The predicted molar refractivity (Wildman–Crippen MR) is 145 cm³/mol. The summed E-state index contributed by atoms with van der Waals surface area (Å²) in [6.45, 7) is 3.58. The van der Waals surface area contributed by atoms with Crippen molar-refractivity contribution in [2.75, 3.05) is 17.8 Å². The lowest BCUT2D eigenvalue weighted by Crippen LogP contribution is -2.58. The van der Waals surface area contributed by atoms with E-state index >= 15 is 0 Å². The van der Waals surface area contributed by atoms with Gasteiger partial charge >= 0.3 is 5.97 Å². The van der Waals surface area contributed by atoms with E-state index in [1.54, 1.807) is 20.0 Å². The average molecular weight is 538 g/mol. The molecule has 1 aromatic carbocycles. The number of carbonyl (C=O) groups is 4. The number of nitrogens with two attached hydrogens (primary N) is 1. The zero-order valence-corrected chi connectivity index (χ0v) is 22.3. The number of thiol groups is 1. The van der Waals surface area contributed by atoms with Crippen LogP contribution >= 0.6 is 24.4 Å². The highest BCUT2D eigenvalue weighted by Crippen LogP contribution is 2.19. The molecular weight excluding hydrogens is 502 g/mol. The highest BCUT2D eigenvalue weighted by molar-refractivity contribution is 7.98. The zero-order chi connectivity index (χ0) is 26.8. The fraction of sp³-hybridized carbons (Fsp3) is 0.500. The number of H-pyrrole nitrogens is 1. The van der Waals surface area contributed by atoms with Crippen LogP contribution in [0, 0.1) is 5.92 Å². The van der Waals surface area contributed by atoms with Crippen LogP contribution in [-0.4, -0.2) is 75.7 Å². The highest BCUT2D eigenvalue weighted by atomic mass is 32.2. The van der Waals surface area contributed by atoms with Crippen LogP contribution in [0.2, 0.25) is 0 Å². The van der Waals surface area contributed by atoms with Crippen LogP contribution in [0.25, 0.3) is 10.9 Å². The Morgan fingerprint density at radius 3 is 2.25 bits per heavy atom. The number of aromatic amines is 1. The van der Waals surface area contributed by atoms with Crippen LogP contribution in [0.5, 0.6) is 0 Å². The number of nitrogens with one attached hydrogen (secondary N) is 4. The van der Waals surface area contributed by atoms with Gasteiger partial charge in [-0.05, 0) is 36.0 Å². The van der Waals surface area contributed by atoms with E-state index in [4.69, 9.17) is 5.73 Å². The fourth-order valence-corrected chi connectivity index (χ4v) is 4.26. The van der Waals surface area contributed by atoms with E-state index in [1.165, 1.54) is 11.8 Å². The second-order valence-electron chi connectivity index (χ2n) is 8.82. The van der Waals surface area contributed by atoms with Crippen molar-refractivity contribution in [3.63, 3.8) is 0 Å². The smallest absolute Gasteiger partial charge is 0.326 e. The molecule has 2 rings (SSSR count). The number of benzene rings is 1. The third-order valence-electron chi connectivity index (χ3n) is 5.79. The van der Waals surface area contributed by atoms with Gasteiger partial charge in [0.1, 0.15) is 18.1 Å². The topological polar surface area (TPSA) is 166 Å². The van der Waals surface area contributed by atoms with Crippen LogP contribution in [0.15, 0.2) is 30.5 Å². The van der Waals surface area contributed by atoms with E-state index in [0.29, 0.717) is 5.75 Å². The summed E-state index contributed by atoms with van der Waals surface area (Å²) < 4.78 is 0. The van der Waals surface area contributed by atoms with Crippen molar-refractivity contribution in [1.29, 1.82) is 0 Å². The molecule has 0 saturated heterocycles. The van der Waals surface area contributed by atoms with Crippen molar-refractivity contribution in [1.82, 2.24) is 20.9 Å². The van der Waals surface area contributed by atoms with Gasteiger partial charge in [-0.15, -0.1) is 0 Å². The van der Waals surface area contributed by atoms with Crippen molar-refractivity contribution in [3.8, 4) is 0 Å². The molecule has 7 N–H and O–H groups in total. The Bertz CT molecular complexity index is 1060. The van der Waals surface area contributed by atoms with Crippen LogP contribution < -0.4 is 21.7 Å². The number of aromatic nitrogens is 1. The summed E-state index contributed by atoms with van der Waals surface area (Å²) >= 11 is 5.64. The number of fused-ring (bicyclic) bond motifs is 1. The second-order valence-corrected chi connectivity index (χ2v) is 10.2. The third-order valence-corrected chi connectivity index (χ3v) is 6.80. The second kappa shape index (κ2) is 14.1. The lowest BCUT2D eigenvalue weighted by Gasteiger charge is -2.25. The Morgan fingerprint density at radius 1 is 1.03 bits per heavy atom. The number of aliphatic carboxylic acids is 1. The minimum absolute atomic E-state index is 0.00241. The van der Waals surface area contributed by atoms with Gasteiger partial charge in [0.25, 0.3) is 0 Å². The molecule has 0 radical (unpaired) electrons. The number of para-hydroxylation sites is 1. The van der Waals surface area contributed by atoms with Crippen LogP contribution in [0.3, 0.4) is 0 Å². The molecule has 1 aromatic heterocycles. The normalized spacial score (nSPS) is 14.6. The average Bonchev–Trinajstić information content (AvgIpc) is 3.26. The molecule has 0 aliphatic heterocycles. The van der Waals surface area contributed by atoms with Crippen LogP contribution in [0.1, 0.15) is 25.8 Å². The van der Waals surface area contributed by atoms with E-state index in [0.717, 1.165) is 16.5 Å². The summed E-state index contributed by atoms with van der Waals surface area (Å²) in [6.07, 6.45) is 3.92. The van der Waals surface area contributed by atoms with Gasteiger partial charge in [-0.2, -0.15) is 24.4 Å². The van der Waals surface area contributed by atoms with E-state index < -0.39 is 47.9 Å². The van der Waals surface area contributed by atoms with Crippen molar-refractivity contribution in [3.05, 3.63) is 36.0 Å². The van der Waals surface area contributed by atoms with Crippen molar-refractivity contribution >= 4 is 59.0 Å². The molecule has 3 amide bonds. The minimum Gasteiger partial charge on any atom is -0.480 e. The maximum atomic E-state index is 13.1. The van der Waals surface area contributed by atoms with Gasteiger partial charge < -0.3 is 31.8 Å². The van der Waals surface area contributed by atoms with Gasteiger partial charge in [0, 0.05) is 29.3 Å². The number of carboxylic acids is 1. The molecule has 2 aromatic rings. The van der Waals surface area contributed by atoms with Gasteiger partial charge in [0.15, 0.2) is 0 Å². The number of thioether (sulfide) groups is 1. The molecule has 0 aliphatic carbocycles. The van der Waals surface area contributed by atoms with Gasteiger partial charge in [-0.25, -0.2) is 4.79 Å². The quantitative estimate of drug-likeness (QED) is 0.176. The standard InChI is InChI=1S/C24H35N5O5S2/c1-13(2)20(25)23(32)29-19(12-35)22(31)27-17(8-9-36-3)21(30)28-18(24(33)34)10-14-11-26-16-7-5-4-6-15(14)16/h4-7,11,13,17-20,26,35H,8-10,12,25H2,1-3H3,(H,27,31)(H,28,30)(H,29,32)(H,33,34). The fourth-order valence-electron chi connectivity index (χ4n) is 3.53. The lowest BCUT2D eigenvalue weighted by atomic mass is 10.0. The van der Waals surface area contributed by atoms with E-state index in [9.17, 15) is 24.3 Å². The number of rotatable bonds is 14. The molecule has 0 fully saturated rings. The first-order valence-corrected chi connectivity index (χ1v) is 13.7. The molecule has 0 spiro atoms. The first-order valence-electron chi connectivity index (χ1n) is 11.6. The molecule has 0 aliphatic rings. The van der Waals surface area contributed by atoms with Crippen LogP contribution in [-0.2, 0) is 25.6 Å². The molecule has 1 heterocycles. The van der Waals surface area contributed by atoms with Gasteiger partial charge in [-0.1, -0.05) is 32.0 Å². The summed E-state index contributed by atoms with van der Waals surface area (Å²) in [5.41, 5.74) is 7.48. The van der Waals surface area contributed by atoms with Gasteiger partial charge in [0.2, 0.25) is 17.7 Å². The number of carboxylic acid groups (broad SMARTS) is 1. The first-order chi connectivity index (χ1) is 17.1. The summed E-state index contributed by atoms with van der Waals surface area (Å²) in [5.74, 6) is -2.47. The first kappa shape index (κ1) is 29.5. The van der Waals surface area contributed by atoms with E-state index in [-0.39, 0.29) is 24.5 Å². The largest absolute Gasteiger partial charge is 0.480 e. The summed E-state index contributed by atoms with van der Waals surface area (Å²) in [6, 6.07) is 3.49. The Labute approximate surface area is 220 Å². The molecule has 0 saturated carbocycles. The number of amides is 3. The van der Waals surface area contributed by atoms with E-state index in [2.05, 4.69) is 33.6 Å². The minimum atomic E-state index is -1.20. The number of hydrogen-bond donors (Lipinski definition) is 7. The predicted octanol–water partition coefficient (Wildman–Crippen LogP) is 0.916. The summed E-state index contributed by atoms with van der Waals surface area (Å²) in [4.78, 5) is 53.3. The molecule has 0 bridgehead atoms. The molecule has 198 valence electrons. The van der Waals surface area contributed by atoms with Crippen LogP contribution in [0.4, 0.5) is 0 Å². The Hall–Kier alpha value is -2.70. The number of hydrogen-bond acceptors (Lipinski definition) is 7. The Kier molecular flexibility index (Phi) is 11.6. The summed E-state index contributed by atoms with van der Waals surface area (Å²) in [7, 11) is 0. The van der Waals surface area contributed by atoms with Crippen molar-refractivity contribution in [2.24, 2.45) is 11.7 Å². The molecule has 10 nitrogen and oxygen atoms in total. The maximum absolute atomic E-state index is 13.1. The number of carbonyl (C=O) groups excluding carboxylic acids is 3. The molecule has 36 heavy (non-hydrogen) atoms. The molecule has 12 heteroatoms. The van der Waals surface area contributed by atoms with Crippen molar-refractivity contribution < 1.29 is 24.3 Å². The Balaban J connectivity index is 2.12.